The van der Waals surface area contributed by atoms with Crippen LogP contribution in [-0.4, -0.2) is 24.4 Å². The van der Waals surface area contributed by atoms with E-state index in [2.05, 4.69) is 10.6 Å². The molecule has 22 heavy (non-hydrogen) atoms. The fraction of sp³-hybridized carbons (Fsp3) is 0.500. The zero-order valence-electron chi connectivity index (χ0n) is 12.6. The summed E-state index contributed by atoms with van der Waals surface area (Å²) in [6.45, 7) is 0.0459. The van der Waals surface area contributed by atoms with Crippen molar-refractivity contribution in [2.45, 2.75) is 44.6 Å². The van der Waals surface area contributed by atoms with Crippen molar-refractivity contribution < 1.29 is 9.59 Å². The van der Waals surface area contributed by atoms with Crippen molar-refractivity contribution in [3.63, 3.8) is 0 Å². The number of halogens is 1. The first-order valence-corrected chi connectivity index (χ1v) is 7.54. The molecule has 0 unspecified atom stereocenters. The quantitative estimate of drug-likeness (QED) is 0.722. The highest BCUT2D eigenvalue weighted by Gasteiger charge is 2.15. The lowest BCUT2D eigenvalue weighted by atomic mass is 9.95. The van der Waals surface area contributed by atoms with Crippen LogP contribution >= 0.6 is 12.4 Å². The summed E-state index contributed by atoms with van der Waals surface area (Å²) in [5.41, 5.74) is 7.15. The van der Waals surface area contributed by atoms with Gasteiger partial charge in [0.05, 0.1) is 13.0 Å². The monoisotopic (exact) mass is 325 g/mol. The Morgan fingerprint density at radius 1 is 1.05 bits per heavy atom. The summed E-state index contributed by atoms with van der Waals surface area (Å²) >= 11 is 0. The highest BCUT2D eigenvalue weighted by atomic mass is 35.5. The molecule has 1 aliphatic rings. The van der Waals surface area contributed by atoms with Crippen LogP contribution < -0.4 is 16.4 Å². The zero-order chi connectivity index (χ0) is 15.1. The SMILES string of the molecule is Cl.Nc1ccc(CC(=O)NCC(=O)NC2CCCCC2)cc1. The molecule has 0 spiro atoms. The van der Waals surface area contributed by atoms with Gasteiger partial charge < -0.3 is 16.4 Å². The summed E-state index contributed by atoms with van der Waals surface area (Å²) in [4.78, 5) is 23.5. The number of carbonyl (C=O) groups is 2. The molecule has 6 heteroatoms. The lowest BCUT2D eigenvalue weighted by molar-refractivity contribution is -0.126. The Hall–Kier alpha value is -1.75. The van der Waals surface area contributed by atoms with Gasteiger partial charge in [-0.2, -0.15) is 0 Å². The summed E-state index contributed by atoms with van der Waals surface area (Å²) < 4.78 is 0. The number of amides is 2. The second kappa shape index (κ2) is 9.30. The van der Waals surface area contributed by atoms with Crippen LogP contribution in [0.4, 0.5) is 5.69 Å². The molecule has 0 radical (unpaired) electrons. The van der Waals surface area contributed by atoms with Crippen LogP contribution in [0.1, 0.15) is 37.7 Å². The maximum atomic E-state index is 11.8. The van der Waals surface area contributed by atoms with Crippen LogP contribution in [0.15, 0.2) is 24.3 Å². The largest absolute Gasteiger partial charge is 0.399 e. The van der Waals surface area contributed by atoms with Crippen molar-refractivity contribution in [2.75, 3.05) is 12.3 Å². The molecule has 1 aromatic rings. The van der Waals surface area contributed by atoms with Gasteiger partial charge in [-0.1, -0.05) is 31.4 Å². The average Bonchev–Trinajstić information content (AvgIpc) is 2.49. The second-order valence-electron chi connectivity index (χ2n) is 5.60. The molecule has 0 bridgehead atoms. The molecule has 0 aliphatic heterocycles. The average molecular weight is 326 g/mol. The molecule has 0 heterocycles. The number of hydrogen-bond acceptors (Lipinski definition) is 3. The van der Waals surface area contributed by atoms with Gasteiger partial charge in [0, 0.05) is 11.7 Å². The predicted octanol–water partition coefficient (Wildman–Crippen LogP) is 1.80. The molecule has 2 rings (SSSR count). The molecule has 122 valence electrons. The van der Waals surface area contributed by atoms with E-state index in [1.807, 2.05) is 12.1 Å². The van der Waals surface area contributed by atoms with Crippen molar-refractivity contribution in [2.24, 2.45) is 0 Å². The first-order chi connectivity index (χ1) is 10.1. The fourth-order valence-corrected chi connectivity index (χ4v) is 2.59. The van der Waals surface area contributed by atoms with E-state index in [-0.39, 0.29) is 43.2 Å². The maximum Gasteiger partial charge on any atom is 0.239 e. The van der Waals surface area contributed by atoms with Gasteiger partial charge in [0.1, 0.15) is 0 Å². The number of rotatable bonds is 5. The van der Waals surface area contributed by atoms with E-state index in [0.717, 1.165) is 18.4 Å². The van der Waals surface area contributed by atoms with Gasteiger partial charge in [0.2, 0.25) is 11.8 Å². The molecular weight excluding hydrogens is 302 g/mol. The number of nitrogen functional groups attached to an aromatic ring is 1. The Morgan fingerprint density at radius 2 is 1.68 bits per heavy atom. The van der Waals surface area contributed by atoms with Crippen molar-refractivity contribution in [3.05, 3.63) is 29.8 Å². The lowest BCUT2D eigenvalue weighted by Gasteiger charge is -2.22. The molecule has 0 saturated heterocycles. The standard InChI is InChI=1S/C16H23N3O2.ClH/c17-13-8-6-12(7-9-13)10-15(20)18-11-16(21)19-14-4-2-1-3-5-14;/h6-9,14H,1-5,10-11,17H2,(H,18,20)(H,19,21);1H. The van der Waals surface area contributed by atoms with Crippen molar-refractivity contribution in [1.82, 2.24) is 10.6 Å². The van der Waals surface area contributed by atoms with Gasteiger partial charge in [0.25, 0.3) is 0 Å². The highest BCUT2D eigenvalue weighted by Crippen LogP contribution is 2.17. The molecule has 1 fully saturated rings. The van der Waals surface area contributed by atoms with Gasteiger partial charge >= 0.3 is 0 Å². The number of benzene rings is 1. The fourth-order valence-electron chi connectivity index (χ4n) is 2.59. The first-order valence-electron chi connectivity index (χ1n) is 7.54. The summed E-state index contributed by atoms with van der Waals surface area (Å²) in [5, 5.41) is 5.63. The second-order valence-corrected chi connectivity index (χ2v) is 5.60. The van der Waals surface area contributed by atoms with E-state index >= 15 is 0 Å². The third kappa shape index (κ3) is 6.35. The third-order valence-electron chi connectivity index (χ3n) is 3.76. The molecule has 2 amide bonds. The predicted molar refractivity (Wildman–Crippen MR) is 89.8 cm³/mol. The van der Waals surface area contributed by atoms with Gasteiger partial charge in [-0.05, 0) is 30.5 Å². The minimum atomic E-state index is -0.154. The molecule has 1 aromatic carbocycles. The summed E-state index contributed by atoms with van der Waals surface area (Å²) in [6.07, 6.45) is 5.96. The van der Waals surface area contributed by atoms with E-state index in [1.54, 1.807) is 12.1 Å². The van der Waals surface area contributed by atoms with Gasteiger partial charge in [-0.25, -0.2) is 0 Å². The topological polar surface area (TPSA) is 84.2 Å². The Balaban J connectivity index is 0.00000242. The molecule has 0 atom stereocenters. The van der Waals surface area contributed by atoms with Crippen molar-refractivity contribution in [3.8, 4) is 0 Å². The minimum absolute atomic E-state index is 0. The lowest BCUT2D eigenvalue weighted by Crippen LogP contribution is -2.43. The Morgan fingerprint density at radius 3 is 2.32 bits per heavy atom. The number of anilines is 1. The normalized spacial score (nSPS) is 14.7. The zero-order valence-corrected chi connectivity index (χ0v) is 13.5. The summed E-state index contributed by atoms with van der Waals surface area (Å²) in [7, 11) is 0. The molecule has 5 nitrogen and oxygen atoms in total. The van der Waals surface area contributed by atoms with Crippen LogP contribution in [-0.2, 0) is 16.0 Å². The molecule has 1 saturated carbocycles. The van der Waals surface area contributed by atoms with E-state index < -0.39 is 0 Å². The first kappa shape index (κ1) is 18.3. The van der Waals surface area contributed by atoms with Crippen molar-refractivity contribution in [1.29, 1.82) is 0 Å². The van der Waals surface area contributed by atoms with Crippen LogP contribution in [0.2, 0.25) is 0 Å². The number of nitrogens with two attached hydrogens (primary N) is 1. The van der Waals surface area contributed by atoms with Gasteiger partial charge in [-0.3, -0.25) is 9.59 Å². The smallest absolute Gasteiger partial charge is 0.239 e. The number of nitrogens with one attached hydrogen (secondary N) is 2. The Labute approximate surface area is 137 Å². The number of hydrogen-bond donors (Lipinski definition) is 3. The molecular formula is C16H24ClN3O2. The molecule has 4 N–H and O–H groups in total. The van der Waals surface area contributed by atoms with E-state index in [0.29, 0.717) is 5.69 Å². The van der Waals surface area contributed by atoms with Gasteiger partial charge in [-0.15, -0.1) is 12.4 Å². The van der Waals surface area contributed by atoms with Gasteiger partial charge in [0.15, 0.2) is 0 Å². The van der Waals surface area contributed by atoms with Crippen molar-refractivity contribution >= 4 is 29.9 Å². The van der Waals surface area contributed by atoms with Crippen LogP contribution in [0.25, 0.3) is 0 Å². The maximum absolute atomic E-state index is 11.8. The van der Waals surface area contributed by atoms with Crippen LogP contribution in [0.3, 0.4) is 0 Å². The van der Waals surface area contributed by atoms with E-state index in [9.17, 15) is 9.59 Å². The van der Waals surface area contributed by atoms with Crippen LogP contribution in [0, 0.1) is 0 Å². The van der Waals surface area contributed by atoms with E-state index in [1.165, 1.54) is 19.3 Å². The highest BCUT2D eigenvalue weighted by molar-refractivity contribution is 5.86. The number of carbonyl (C=O) groups excluding carboxylic acids is 2. The van der Waals surface area contributed by atoms with E-state index in [4.69, 9.17) is 5.73 Å². The Kier molecular flexibility index (Phi) is 7.74. The minimum Gasteiger partial charge on any atom is -0.399 e. The molecule has 0 aromatic heterocycles. The summed E-state index contributed by atoms with van der Waals surface area (Å²) in [5.74, 6) is -0.258. The summed E-state index contributed by atoms with van der Waals surface area (Å²) in [6, 6.07) is 7.44. The van der Waals surface area contributed by atoms with Crippen LogP contribution in [0.5, 0.6) is 0 Å². The Bertz CT molecular complexity index is 485. The third-order valence-corrected chi connectivity index (χ3v) is 3.76. The molecule has 1 aliphatic carbocycles.